The molecule has 0 spiro atoms. The van der Waals surface area contributed by atoms with E-state index in [-0.39, 0.29) is 0 Å². The Morgan fingerprint density at radius 1 is 1.33 bits per heavy atom. The van der Waals surface area contributed by atoms with Gasteiger partial charge < -0.3 is 0 Å². The van der Waals surface area contributed by atoms with Gasteiger partial charge in [0.25, 0.3) is 0 Å². The molecule has 1 aliphatic rings. The van der Waals surface area contributed by atoms with E-state index >= 15 is 0 Å². The second kappa shape index (κ2) is 2.78. The van der Waals surface area contributed by atoms with Crippen molar-refractivity contribution in [3.8, 4) is 0 Å². The lowest BCUT2D eigenvalue weighted by molar-refractivity contribution is 0.727. The lowest BCUT2D eigenvalue weighted by Gasteiger charge is -2.27. The van der Waals surface area contributed by atoms with E-state index in [1.807, 2.05) is 0 Å². The predicted molar refractivity (Wildman–Crippen MR) is 52.3 cm³/mol. The van der Waals surface area contributed by atoms with Crippen molar-refractivity contribution in [1.82, 2.24) is 0 Å². The summed E-state index contributed by atoms with van der Waals surface area (Å²) in [5, 5.41) is 0. The maximum Gasteiger partial charge on any atom is 0.00636 e. The van der Waals surface area contributed by atoms with Gasteiger partial charge in [-0.3, -0.25) is 0 Å². The highest BCUT2D eigenvalue weighted by Crippen LogP contribution is 2.36. The molecule has 0 aliphatic heterocycles. The summed E-state index contributed by atoms with van der Waals surface area (Å²) in [6, 6.07) is 8.72. The van der Waals surface area contributed by atoms with Crippen LogP contribution in [0.5, 0.6) is 0 Å². The Morgan fingerprint density at radius 2 is 2.08 bits per heavy atom. The van der Waals surface area contributed by atoms with Gasteiger partial charge in [-0.05, 0) is 31.4 Å². The second-order valence-electron chi connectivity index (χ2n) is 3.75. The van der Waals surface area contributed by atoms with Crippen LogP contribution in [-0.4, -0.2) is 0 Å². The fraction of sp³-hybridized carbons (Fsp3) is 0.333. The minimum absolute atomic E-state index is 0.700. The molecule has 0 N–H and O–H groups in total. The third-order valence-corrected chi connectivity index (χ3v) is 2.43. The van der Waals surface area contributed by atoms with Gasteiger partial charge in [0, 0.05) is 5.92 Å². The highest BCUT2D eigenvalue weighted by molar-refractivity contribution is 5.43. The molecule has 1 unspecified atom stereocenters. The molecular weight excluding hydrogens is 144 g/mol. The normalized spacial score (nSPS) is 19.3. The fourth-order valence-electron chi connectivity index (χ4n) is 1.85. The van der Waals surface area contributed by atoms with Crippen LogP contribution in [0, 0.1) is 0 Å². The van der Waals surface area contributed by atoms with Crippen LogP contribution in [0.25, 0.3) is 0 Å². The Labute approximate surface area is 73.9 Å². The van der Waals surface area contributed by atoms with E-state index in [9.17, 15) is 0 Å². The van der Waals surface area contributed by atoms with E-state index in [4.69, 9.17) is 0 Å². The SMILES string of the molecule is CC(C)=CC1Cc2ccccc21. The average molecular weight is 158 g/mol. The van der Waals surface area contributed by atoms with E-state index in [0.29, 0.717) is 5.92 Å². The molecule has 0 radical (unpaired) electrons. The van der Waals surface area contributed by atoms with E-state index in [2.05, 4.69) is 44.2 Å². The van der Waals surface area contributed by atoms with E-state index in [1.165, 1.54) is 23.1 Å². The van der Waals surface area contributed by atoms with E-state index < -0.39 is 0 Å². The van der Waals surface area contributed by atoms with E-state index in [0.717, 1.165) is 0 Å². The highest BCUT2D eigenvalue weighted by Gasteiger charge is 2.22. The summed E-state index contributed by atoms with van der Waals surface area (Å²) in [6.45, 7) is 4.34. The summed E-state index contributed by atoms with van der Waals surface area (Å²) in [4.78, 5) is 0. The Hall–Kier alpha value is -1.04. The maximum absolute atomic E-state index is 2.36. The fourth-order valence-corrected chi connectivity index (χ4v) is 1.85. The zero-order valence-corrected chi connectivity index (χ0v) is 7.67. The molecule has 0 saturated carbocycles. The summed E-state index contributed by atoms with van der Waals surface area (Å²) >= 11 is 0. The molecule has 1 aliphatic carbocycles. The topological polar surface area (TPSA) is 0 Å². The van der Waals surface area contributed by atoms with Gasteiger partial charge in [-0.25, -0.2) is 0 Å². The molecule has 1 aromatic rings. The smallest absolute Gasteiger partial charge is 0.00636 e. The minimum Gasteiger partial charge on any atom is -0.0798 e. The molecule has 0 amide bonds. The van der Waals surface area contributed by atoms with Crippen molar-refractivity contribution in [3.63, 3.8) is 0 Å². The summed E-state index contributed by atoms with van der Waals surface area (Å²) in [6.07, 6.45) is 3.60. The highest BCUT2D eigenvalue weighted by atomic mass is 14.3. The Kier molecular flexibility index (Phi) is 1.76. The van der Waals surface area contributed by atoms with E-state index in [1.54, 1.807) is 0 Å². The first-order valence-electron chi connectivity index (χ1n) is 4.50. The minimum atomic E-state index is 0.700. The van der Waals surface area contributed by atoms with Gasteiger partial charge in [0.15, 0.2) is 0 Å². The summed E-state index contributed by atoms with van der Waals surface area (Å²) in [7, 11) is 0. The van der Waals surface area contributed by atoms with Gasteiger partial charge in [0.1, 0.15) is 0 Å². The Balaban J connectivity index is 2.26. The van der Waals surface area contributed by atoms with Crippen LogP contribution in [0.3, 0.4) is 0 Å². The monoisotopic (exact) mass is 158 g/mol. The molecule has 0 heteroatoms. The van der Waals surface area contributed by atoms with Gasteiger partial charge in [0.2, 0.25) is 0 Å². The average Bonchev–Trinajstić information content (AvgIpc) is 2.00. The molecule has 62 valence electrons. The number of benzene rings is 1. The van der Waals surface area contributed by atoms with Crippen LogP contribution in [0.1, 0.15) is 30.9 Å². The first-order chi connectivity index (χ1) is 5.77. The van der Waals surface area contributed by atoms with Crippen molar-refractivity contribution in [1.29, 1.82) is 0 Å². The number of hydrogen-bond donors (Lipinski definition) is 0. The van der Waals surface area contributed by atoms with Crippen LogP contribution in [0.15, 0.2) is 35.9 Å². The Bertz CT molecular complexity index is 317. The van der Waals surface area contributed by atoms with Gasteiger partial charge in [-0.15, -0.1) is 0 Å². The molecule has 0 heterocycles. The van der Waals surface area contributed by atoms with Crippen molar-refractivity contribution in [2.45, 2.75) is 26.2 Å². The van der Waals surface area contributed by atoms with Crippen molar-refractivity contribution >= 4 is 0 Å². The number of allylic oxidation sites excluding steroid dienone is 2. The van der Waals surface area contributed by atoms with Gasteiger partial charge >= 0.3 is 0 Å². The largest absolute Gasteiger partial charge is 0.0798 e. The van der Waals surface area contributed by atoms with Crippen LogP contribution < -0.4 is 0 Å². The molecular formula is C12H14. The van der Waals surface area contributed by atoms with Gasteiger partial charge in [0.05, 0.1) is 0 Å². The number of fused-ring (bicyclic) bond motifs is 1. The van der Waals surface area contributed by atoms with Crippen molar-refractivity contribution in [2.24, 2.45) is 0 Å². The number of hydrogen-bond acceptors (Lipinski definition) is 0. The molecule has 0 saturated heterocycles. The lowest BCUT2D eigenvalue weighted by atomic mass is 9.77. The van der Waals surface area contributed by atoms with Crippen molar-refractivity contribution < 1.29 is 0 Å². The molecule has 0 nitrogen and oxygen atoms in total. The maximum atomic E-state index is 2.36. The molecule has 0 bridgehead atoms. The lowest BCUT2D eigenvalue weighted by Crippen LogP contribution is -2.14. The third-order valence-electron chi connectivity index (χ3n) is 2.43. The van der Waals surface area contributed by atoms with Crippen LogP contribution >= 0.6 is 0 Å². The second-order valence-corrected chi connectivity index (χ2v) is 3.75. The molecule has 1 atom stereocenters. The molecule has 2 rings (SSSR count). The van der Waals surface area contributed by atoms with Gasteiger partial charge in [-0.1, -0.05) is 35.9 Å². The first-order valence-corrected chi connectivity index (χ1v) is 4.50. The summed E-state index contributed by atoms with van der Waals surface area (Å²) in [5.41, 5.74) is 4.48. The van der Waals surface area contributed by atoms with Gasteiger partial charge in [-0.2, -0.15) is 0 Å². The quantitative estimate of drug-likeness (QED) is 0.550. The third kappa shape index (κ3) is 1.18. The molecule has 0 aromatic heterocycles. The number of rotatable bonds is 1. The summed E-state index contributed by atoms with van der Waals surface area (Å²) in [5.74, 6) is 0.700. The van der Waals surface area contributed by atoms with Crippen molar-refractivity contribution in [3.05, 3.63) is 47.0 Å². The Morgan fingerprint density at radius 3 is 2.75 bits per heavy atom. The zero-order valence-electron chi connectivity index (χ0n) is 7.67. The predicted octanol–water partition coefficient (Wildman–Crippen LogP) is 3.29. The molecule has 12 heavy (non-hydrogen) atoms. The molecule has 0 fully saturated rings. The molecule has 1 aromatic carbocycles. The standard InChI is InChI=1S/C12H14/c1-9(2)7-11-8-10-5-3-4-6-12(10)11/h3-7,11H,8H2,1-2H3. The van der Waals surface area contributed by atoms with Crippen molar-refractivity contribution in [2.75, 3.05) is 0 Å². The van der Waals surface area contributed by atoms with Crippen LogP contribution in [-0.2, 0) is 6.42 Å². The zero-order chi connectivity index (χ0) is 8.55. The first kappa shape index (κ1) is 7.60. The van der Waals surface area contributed by atoms with Crippen LogP contribution in [0.2, 0.25) is 0 Å². The van der Waals surface area contributed by atoms with Crippen LogP contribution in [0.4, 0.5) is 0 Å². The summed E-state index contributed by atoms with van der Waals surface area (Å²) < 4.78 is 0.